The highest BCUT2D eigenvalue weighted by atomic mass is 79.9. The largest absolute Gasteiger partial charge is 0.397 e. The van der Waals surface area contributed by atoms with Gasteiger partial charge in [-0.3, -0.25) is 0 Å². The topological polar surface area (TPSA) is 26.0 Å². The van der Waals surface area contributed by atoms with E-state index < -0.39 is 0 Å². The van der Waals surface area contributed by atoms with Crippen molar-refractivity contribution in [2.24, 2.45) is 0 Å². The average Bonchev–Trinajstić information content (AvgIpc) is 1.85. The fraction of sp³-hybridized carbons (Fsp3) is 0. The Morgan fingerprint density at radius 2 is 2.38 bits per heavy atom. The summed E-state index contributed by atoms with van der Waals surface area (Å²) < 4.78 is 1.62. The SMILES string of the molecule is Nc1cc(Br)sc1Cl. The quantitative estimate of drug-likeness (QED) is 0.703. The van der Waals surface area contributed by atoms with Crippen molar-refractivity contribution in [1.82, 2.24) is 0 Å². The second-order valence-electron chi connectivity index (χ2n) is 1.28. The van der Waals surface area contributed by atoms with Crippen LogP contribution in [0, 0.1) is 0 Å². The van der Waals surface area contributed by atoms with Gasteiger partial charge in [-0.05, 0) is 22.0 Å². The smallest absolute Gasteiger partial charge is 0.117 e. The summed E-state index contributed by atoms with van der Waals surface area (Å²) in [6, 6.07) is 1.78. The molecule has 0 aliphatic heterocycles. The highest BCUT2D eigenvalue weighted by molar-refractivity contribution is 9.11. The molecule has 0 atom stereocenters. The van der Waals surface area contributed by atoms with Crippen LogP contribution in [0.1, 0.15) is 0 Å². The molecule has 0 spiro atoms. The average molecular weight is 212 g/mol. The minimum atomic E-state index is 0.642. The summed E-state index contributed by atoms with van der Waals surface area (Å²) in [4.78, 5) is 0. The Labute approximate surface area is 64.6 Å². The molecule has 0 bridgehead atoms. The first-order chi connectivity index (χ1) is 3.70. The first-order valence-corrected chi connectivity index (χ1v) is 3.89. The zero-order chi connectivity index (χ0) is 6.15. The van der Waals surface area contributed by atoms with Crippen molar-refractivity contribution in [3.05, 3.63) is 14.2 Å². The van der Waals surface area contributed by atoms with E-state index in [-0.39, 0.29) is 0 Å². The van der Waals surface area contributed by atoms with E-state index in [4.69, 9.17) is 17.3 Å². The molecule has 0 fully saturated rings. The second-order valence-corrected chi connectivity index (χ2v) is 4.31. The molecule has 0 aromatic carbocycles. The molecule has 0 radical (unpaired) electrons. The molecule has 1 aromatic rings. The lowest BCUT2D eigenvalue weighted by Gasteiger charge is -1.78. The summed E-state index contributed by atoms with van der Waals surface area (Å²) in [7, 11) is 0. The van der Waals surface area contributed by atoms with Gasteiger partial charge in [0.05, 0.1) is 9.47 Å². The second kappa shape index (κ2) is 2.25. The van der Waals surface area contributed by atoms with E-state index in [1.165, 1.54) is 11.3 Å². The summed E-state index contributed by atoms with van der Waals surface area (Å²) in [5.41, 5.74) is 6.03. The van der Waals surface area contributed by atoms with Crippen LogP contribution in [0.15, 0.2) is 9.85 Å². The molecule has 44 valence electrons. The number of hydrogen-bond acceptors (Lipinski definition) is 2. The maximum Gasteiger partial charge on any atom is 0.117 e. The highest BCUT2D eigenvalue weighted by Gasteiger charge is 1.98. The highest BCUT2D eigenvalue weighted by Crippen LogP contribution is 2.32. The minimum absolute atomic E-state index is 0.642. The minimum Gasteiger partial charge on any atom is -0.397 e. The molecule has 4 heteroatoms. The van der Waals surface area contributed by atoms with Crippen LogP contribution in [0.2, 0.25) is 4.34 Å². The Bertz CT molecular complexity index is 178. The summed E-state index contributed by atoms with van der Waals surface area (Å²) >= 11 is 10.3. The van der Waals surface area contributed by atoms with Crippen molar-refractivity contribution in [3.63, 3.8) is 0 Å². The monoisotopic (exact) mass is 211 g/mol. The maximum absolute atomic E-state index is 5.59. The maximum atomic E-state index is 5.59. The Hall–Kier alpha value is 0.270. The van der Waals surface area contributed by atoms with Gasteiger partial charge in [-0.2, -0.15) is 0 Å². The molecular formula is C4H3BrClNS. The first-order valence-electron chi connectivity index (χ1n) is 1.90. The molecule has 2 N–H and O–H groups in total. The van der Waals surface area contributed by atoms with Gasteiger partial charge in [-0.1, -0.05) is 11.6 Å². The number of thiophene rings is 1. The standard InChI is InChI=1S/C4H3BrClNS/c5-3-1-2(7)4(6)8-3/h1H,7H2. The molecule has 0 saturated heterocycles. The Balaban J connectivity index is 3.14. The third-order valence-electron chi connectivity index (χ3n) is 0.683. The summed E-state index contributed by atoms with van der Waals surface area (Å²) in [6.07, 6.45) is 0. The zero-order valence-corrected chi connectivity index (χ0v) is 6.98. The van der Waals surface area contributed by atoms with Crippen molar-refractivity contribution in [3.8, 4) is 0 Å². The molecule has 0 unspecified atom stereocenters. The van der Waals surface area contributed by atoms with Crippen LogP contribution in [0.25, 0.3) is 0 Å². The van der Waals surface area contributed by atoms with Gasteiger partial charge in [-0.15, -0.1) is 11.3 Å². The van der Waals surface area contributed by atoms with E-state index in [1.54, 1.807) is 6.07 Å². The number of nitrogens with two attached hydrogens (primary N) is 1. The van der Waals surface area contributed by atoms with Gasteiger partial charge in [0.25, 0.3) is 0 Å². The number of halogens is 2. The Kier molecular flexibility index (Phi) is 1.80. The van der Waals surface area contributed by atoms with Crippen LogP contribution in [0.5, 0.6) is 0 Å². The van der Waals surface area contributed by atoms with Gasteiger partial charge < -0.3 is 5.73 Å². The molecule has 0 amide bonds. The summed E-state index contributed by atoms with van der Waals surface area (Å²) in [5.74, 6) is 0. The van der Waals surface area contributed by atoms with Gasteiger partial charge >= 0.3 is 0 Å². The lowest BCUT2D eigenvalue weighted by atomic mass is 10.6. The van der Waals surface area contributed by atoms with Crippen LogP contribution >= 0.6 is 38.9 Å². The van der Waals surface area contributed by atoms with E-state index in [9.17, 15) is 0 Å². The van der Waals surface area contributed by atoms with E-state index in [2.05, 4.69) is 15.9 Å². The third kappa shape index (κ3) is 1.16. The number of hydrogen-bond donors (Lipinski definition) is 1. The fourth-order valence-corrected chi connectivity index (χ4v) is 2.20. The molecule has 1 nitrogen and oxygen atoms in total. The molecule has 0 aliphatic rings. The Morgan fingerprint density at radius 3 is 2.50 bits per heavy atom. The lowest BCUT2D eigenvalue weighted by Crippen LogP contribution is -1.77. The van der Waals surface area contributed by atoms with Crippen molar-refractivity contribution in [1.29, 1.82) is 0 Å². The van der Waals surface area contributed by atoms with Crippen molar-refractivity contribution >= 4 is 44.6 Å². The van der Waals surface area contributed by atoms with E-state index >= 15 is 0 Å². The van der Waals surface area contributed by atoms with Gasteiger partial charge in [0.2, 0.25) is 0 Å². The number of nitrogen functional groups attached to an aromatic ring is 1. The zero-order valence-electron chi connectivity index (χ0n) is 3.82. The van der Waals surface area contributed by atoms with Crippen LogP contribution in [-0.4, -0.2) is 0 Å². The van der Waals surface area contributed by atoms with Crippen LogP contribution < -0.4 is 5.73 Å². The predicted molar refractivity (Wildman–Crippen MR) is 41.4 cm³/mol. The molecular weight excluding hydrogens is 209 g/mol. The first kappa shape index (κ1) is 6.39. The molecule has 0 aliphatic carbocycles. The van der Waals surface area contributed by atoms with E-state index in [1.807, 2.05) is 0 Å². The number of rotatable bonds is 0. The van der Waals surface area contributed by atoms with Gasteiger partial charge in [0, 0.05) is 0 Å². The van der Waals surface area contributed by atoms with Gasteiger partial charge in [-0.25, -0.2) is 0 Å². The summed E-state index contributed by atoms with van der Waals surface area (Å²) in [6.45, 7) is 0. The molecule has 8 heavy (non-hydrogen) atoms. The Morgan fingerprint density at radius 1 is 1.75 bits per heavy atom. The van der Waals surface area contributed by atoms with Crippen LogP contribution in [0.4, 0.5) is 5.69 Å². The normalized spacial score (nSPS) is 9.75. The van der Waals surface area contributed by atoms with Crippen molar-refractivity contribution < 1.29 is 0 Å². The van der Waals surface area contributed by atoms with Gasteiger partial charge in [0.1, 0.15) is 4.34 Å². The molecule has 1 aromatic heterocycles. The van der Waals surface area contributed by atoms with E-state index in [0.717, 1.165) is 3.79 Å². The molecule has 1 rings (SSSR count). The molecule has 1 heterocycles. The lowest BCUT2D eigenvalue weighted by molar-refractivity contribution is 1.86. The van der Waals surface area contributed by atoms with Crippen molar-refractivity contribution in [2.45, 2.75) is 0 Å². The van der Waals surface area contributed by atoms with E-state index in [0.29, 0.717) is 10.0 Å². The summed E-state index contributed by atoms with van der Waals surface area (Å²) in [5, 5.41) is 0. The van der Waals surface area contributed by atoms with Crippen molar-refractivity contribution in [2.75, 3.05) is 5.73 Å². The predicted octanol–water partition coefficient (Wildman–Crippen LogP) is 2.75. The fourth-order valence-electron chi connectivity index (χ4n) is 0.353. The van der Waals surface area contributed by atoms with Gasteiger partial charge in [0.15, 0.2) is 0 Å². The van der Waals surface area contributed by atoms with Crippen LogP contribution in [-0.2, 0) is 0 Å². The molecule has 0 saturated carbocycles. The number of anilines is 1. The van der Waals surface area contributed by atoms with Crippen LogP contribution in [0.3, 0.4) is 0 Å². The third-order valence-corrected chi connectivity index (χ3v) is 2.58.